The van der Waals surface area contributed by atoms with Crippen LogP contribution < -0.4 is 0 Å². The smallest absolute Gasteiger partial charge is 0.339 e. The zero-order chi connectivity index (χ0) is 10.9. The van der Waals surface area contributed by atoms with E-state index < -0.39 is 31.5 Å². The molecular weight excluding hydrogens is 217 g/mol. The number of phenols is 1. The van der Waals surface area contributed by atoms with E-state index in [9.17, 15) is 22.4 Å². The number of nitro groups is 1. The Hall–Kier alpha value is -1.70. The van der Waals surface area contributed by atoms with Crippen molar-refractivity contribution in [2.75, 3.05) is 0 Å². The standard InChI is InChI=1S/C6H4FNO5S/c7-14(12,13)6-3-4(9)1-2-5(6)8(10)11/h1-3,9H. The second-order valence-corrected chi connectivity index (χ2v) is 3.66. The summed E-state index contributed by atoms with van der Waals surface area (Å²) in [6, 6.07) is 2.09. The van der Waals surface area contributed by atoms with Crippen molar-refractivity contribution in [3.05, 3.63) is 28.3 Å². The Morgan fingerprint density at radius 1 is 1.43 bits per heavy atom. The maximum Gasteiger partial charge on any atom is 0.339 e. The number of phenolic OH excluding ortho intramolecular Hbond substituents is 1. The summed E-state index contributed by atoms with van der Waals surface area (Å²) >= 11 is 0. The molecule has 1 aromatic carbocycles. The van der Waals surface area contributed by atoms with Crippen LogP contribution in [0.5, 0.6) is 5.75 Å². The predicted molar refractivity (Wildman–Crippen MR) is 43.1 cm³/mol. The minimum atomic E-state index is -5.20. The lowest BCUT2D eigenvalue weighted by atomic mass is 10.3. The SMILES string of the molecule is O=[N+]([O-])c1ccc(O)cc1S(=O)(=O)F. The molecule has 1 aromatic rings. The molecule has 0 unspecified atom stereocenters. The summed E-state index contributed by atoms with van der Waals surface area (Å²) in [4.78, 5) is 8.07. The number of hydrogen-bond donors (Lipinski definition) is 1. The van der Waals surface area contributed by atoms with E-state index in [4.69, 9.17) is 5.11 Å². The van der Waals surface area contributed by atoms with E-state index in [2.05, 4.69) is 0 Å². The third-order valence-corrected chi connectivity index (χ3v) is 2.26. The number of nitro benzene ring substituents is 1. The molecule has 0 aliphatic heterocycles. The zero-order valence-corrected chi connectivity index (χ0v) is 7.36. The molecule has 1 N–H and O–H groups in total. The van der Waals surface area contributed by atoms with Gasteiger partial charge in [-0.15, -0.1) is 3.89 Å². The van der Waals surface area contributed by atoms with E-state index in [-0.39, 0.29) is 0 Å². The Kier molecular flexibility index (Phi) is 2.39. The second-order valence-electron chi connectivity index (χ2n) is 2.35. The van der Waals surface area contributed by atoms with E-state index in [0.717, 1.165) is 6.07 Å². The van der Waals surface area contributed by atoms with Crippen LogP contribution in [-0.4, -0.2) is 18.4 Å². The van der Waals surface area contributed by atoms with Gasteiger partial charge in [-0.25, -0.2) is 0 Å². The summed E-state index contributed by atoms with van der Waals surface area (Å²) in [6.45, 7) is 0. The summed E-state index contributed by atoms with van der Waals surface area (Å²) in [6.07, 6.45) is 0. The first kappa shape index (κ1) is 10.4. The van der Waals surface area contributed by atoms with Gasteiger partial charge in [0.25, 0.3) is 5.69 Å². The average molecular weight is 221 g/mol. The van der Waals surface area contributed by atoms with Gasteiger partial charge in [-0.05, 0) is 6.07 Å². The first-order valence-electron chi connectivity index (χ1n) is 3.24. The van der Waals surface area contributed by atoms with Crippen molar-refractivity contribution in [2.45, 2.75) is 4.90 Å². The van der Waals surface area contributed by atoms with Gasteiger partial charge >= 0.3 is 10.2 Å². The molecule has 6 nitrogen and oxygen atoms in total. The van der Waals surface area contributed by atoms with Crippen molar-refractivity contribution in [3.63, 3.8) is 0 Å². The molecule has 0 atom stereocenters. The minimum absolute atomic E-state index is 0.480. The van der Waals surface area contributed by atoms with Gasteiger partial charge in [0.15, 0.2) is 4.90 Å². The predicted octanol–water partition coefficient (Wildman–Crippen LogP) is 0.959. The molecule has 0 bridgehead atoms. The van der Waals surface area contributed by atoms with Gasteiger partial charge in [0.2, 0.25) is 0 Å². The highest BCUT2D eigenvalue weighted by Gasteiger charge is 2.25. The van der Waals surface area contributed by atoms with Gasteiger partial charge in [-0.2, -0.15) is 8.42 Å². The van der Waals surface area contributed by atoms with E-state index in [0.29, 0.717) is 12.1 Å². The lowest BCUT2D eigenvalue weighted by molar-refractivity contribution is -0.387. The number of aromatic hydroxyl groups is 1. The van der Waals surface area contributed by atoms with Crippen LogP contribution in [0.3, 0.4) is 0 Å². The molecular formula is C6H4FNO5S. The summed E-state index contributed by atoms with van der Waals surface area (Å²) in [7, 11) is -5.20. The zero-order valence-electron chi connectivity index (χ0n) is 6.55. The van der Waals surface area contributed by atoms with Crippen molar-refractivity contribution in [3.8, 4) is 5.75 Å². The maximum absolute atomic E-state index is 12.5. The molecule has 0 amide bonds. The van der Waals surface area contributed by atoms with E-state index in [1.165, 1.54) is 0 Å². The molecule has 8 heteroatoms. The highest BCUT2D eigenvalue weighted by Crippen LogP contribution is 2.28. The summed E-state index contributed by atoms with van der Waals surface area (Å²) in [5.41, 5.74) is -0.912. The minimum Gasteiger partial charge on any atom is -0.508 e. The monoisotopic (exact) mass is 221 g/mol. The quantitative estimate of drug-likeness (QED) is 0.455. The van der Waals surface area contributed by atoms with Crippen LogP contribution in [0.4, 0.5) is 9.57 Å². The highest BCUT2D eigenvalue weighted by atomic mass is 32.3. The van der Waals surface area contributed by atoms with E-state index in [1.54, 1.807) is 0 Å². The molecule has 14 heavy (non-hydrogen) atoms. The molecule has 76 valence electrons. The van der Waals surface area contributed by atoms with Crippen LogP contribution in [0.2, 0.25) is 0 Å². The van der Waals surface area contributed by atoms with Crippen molar-refractivity contribution >= 4 is 15.9 Å². The maximum atomic E-state index is 12.5. The Morgan fingerprint density at radius 2 is 2.00 bits per heavy atom. The van der Waals surface area contributed by atoms with E-state index in [1.807, 2.05) is 0 Å². The largest absolute Gasteiger partial charge is 0.508 e. The molecule has 0 aromatic heterocycles. The highest BCUT2D eigenvalue weighted by molar-refractivity contribution is 7.86. The van der Waals surface area contributed by atoms with Crippen molar-refractivity contribution < 1.29 is 22.3 Å². The van der Waals surface area contributed by atoms with Crippen LogP contribution >= 0.6 is 0 Å². The molecule has 0 heterocycles. The molecule has 0 aliphatic rings. The van der Waals surface area contributed by atoms with Gasteiger partial charge < -0.3 is 5.11 Å². The van der Waals surface area contributed by atoms with Crippen LogP contribution in [0, 0.1) is 10.1 Å². The number of hydrogen-bond acceptors (Lipinski definition) is 5. The molecule has 0 spiro atoms. The first-order chi connectivity index (χ1) is 6.32. The summed E-state index contributed by atoms with van der Waals surface area (Å²) in [5, 5.41) is 19.1. The third kappa shape index (κ3) is 1.96. The molecule has 0 saturated heterocycles. The van der Waals surface area contributed by atoms with E-state index >= 15 is 0 Å². The fraction of sp³-hybridized carbons (Fsp3) is 0. The van der Waals surface area contributed by atoms with Crippen molar-refractivity contribution in [2.24, 2.45) is 0 Å². The topological polar surface area (TPSA) is 97.5 Å². The Labute approximate surface area is 78.0 Å². The van der Waals surface area contributed by atoms with Gasteiger partial charge in [0.1, 0.15) is 5.75 Å². The number of halogens is 1. The Morgan fingerprint density at radius 3 is 2.43 bits per heavy atom. The summed E-state index contributed by atoms with van der Waals surface area (Å²) < 4.78 is 33.3. The fourth-order valence-corrected chi connectivity index (χ4v) is 1.50. The van der Waals surface area contributed by atoms with Gasteiger partial charge in [-0.3, -0.25) is 10.1 Å². The third-order valence-electron chi connectivity index (χ3n) is 1.40. The molecule has 0 saturated carbocycles. The van der Waals surface area contributed by atoms with Crippen LogP contribution in [0.15, 0.2) is 23.1 Å². The Balaban J connectivity index is 3.54. The van der Waals surface area contributed by atoms with Gasteiger partial charge in [0, 0.05) is 12.1 Å². The van der Waals surface area contributed by atoms with Crippen LogP contribution in [-0.2, 0) is 10.2 Å². The first-order valence-corrected chi connectivity index (χ1v) is 4.63. The van der Waals surface area contributed by atoms with Crippen LogP contribution in [0.25, 0.3) is 0 Å². The molecule has 1 rings (SSSR count). The average Bonchev–Trinajstić information content (AvgIpc) is 2.01. The van der Waals surface area contributed by atoms with Gasteiger partial charge in [-0.1, -0.05) is 0 Å². The lowest BCUT2D eigenvalue weighted by Crippen LogP contribution is -1.99. The van der Waals surface area contributed by atoms with Crippen molar-refractivity contribution in [1.29, 1.82) is 0 Å². The number of rotatable bonds is 2. The van der Waals surface area contributed by atoms with Crippen LogP contribution in [0.1, 0.15) is 0 Å². The number of nitrogens with zero attached hydrogens (tertiary/aromatic N) is 1. The normalized spacial score (nSPS) is 11.2. The summed E-state index contributed by atoms with van der Waals surface area (Å²) in [5.74, 6) is -0.563. The Bertz CT molecular complexity index is 483. The molecule has 0 aliphatic carbocycles. The second kappa shape index (κ2) is 3.22. The number of benzene rings is 1. The molecule has 0 fully saturated rings. The van der Waals surface area contributed by atoms with Crippen molar-refractivity contribution in [1.82, 2.24) is 0 Å². The lowest BCUT2D eigenvalue weighted by Gasteiger charge is -1.98. The molecule has 0 radical (unpaired) electrons. The van der Waals surface area contributed by atoms with Gasteiger partial charge in [0.05, 0.1) is 4.92 Å². The fourth-order valence-electron chi connectivity index (χ4n) is 0.849.